The Kier molecular flexibility index (Phi) is 2.41. The highest BCUT2D eigenvalue weighted by Gasteiger charge is 2.35. The van der Waals surface area contributed by atoms with E-state index in [0.717, 1.165) is 18.3 Å². The highest BCUT2D eigenvalue weighted by atomic mass is 19.4. The van der Waals surface area contributed by atoms with Crippen molar-refractivity contribution in [3.05, 3.63) is 29.7 Å². The van der Waals surface area contributed by atoms with Gasteiger partial charge in [0, 0.05) is 0 Å². The smallest absolute Gasteiger partial charge is 0.449 e. The monoisotopic (exact) mass is 246 g/mol. The van der Waals surface area contributed by atoms with E-state index in [1.54, 1.807) is 0 Å². The van der Waals surface area contributed by atoms with Gasteiger partial charge in [0.1, 0.15) is 11.3 Å². The molecule has 0 radical (unpaired) electrons. The number of nitrogens with one attached hydrogen (secondary N) is 1. The van der Waals surface area contributed by atoms with Crippen molar-refractivity contribution in [3.63, 3.8) is 0 Å². The van der Waals surface area contributed by atoms with Gasteiger partial charge in [-0.15, -0.1) is 0 Å². The van der Waals surface area contributed by atoms with E-state index in [1.807, 2.05) is 0 Å². The molecule has 2 aromatic rings. The number of rotatable bonds is 2. The summed E-state index contributed by atoms with van der Waals surface area (Å²) >= 11 is 0. The molecule has 5 nitrogen and oxygen atoms in total. The summed E-state index contributed by atoms with van der Waals surface area (Å²) < 4.78 is 41.3. The number of nitrogens with zero attached hydrogens (tertiary/aromatic N) is 1. The van der Waals surface area contributed by atoms with Crippen molar-refractivity contribution in [2.45, 2.75) is 6.18 Å². The molecule has 0 aromatic carbocycles. The second-order valence-electron chi connectivity index (χ2n) is 3.13. The van der Waals surface area contributed by atoms with Gasteiger partial charge in [-0.1, -0.05) is 0 Å². The van der Waals surface area contributed by atoms with Gasteiger partial charge in [0.25, 0.3) is 0 Å². The van der Waals surface area contributed by atoms with E-state index in [9.17, 15) is 18.0 Å². The van der Waals surface area contributed by atoms with Gasteiger partial charge in [-0.3, -0.25) is 5.10 Å². The first-order chi connectivity index (χ1) is 7.89. The number of aromatic carboxylic acids is 1. The Morgan fingerprint density at radius 1 is 1.41 bits per heavy atom. The van der Waals surface area contributed by atoms with E-state index in [0.29, 0.717) is 0 Å². The van der Waals surface area contributed by atoms with Crippen molar-refractivity contribution in [2.75, 3.05) is 0 Å². The first-order valence-corrected chi connectivity index (χ1v) is 4.33. The number of aromatic amines is 1. The van der Waals surface area contributed by atoms with Crippen LogP contribution in [0.2, 0.25) is 0 Å². The average molecular weight is 246 g/mol. The molecular formula is C9H5F3N2O3. The lowest BCUT2D eigenvalue weighted by atomic mass is 10.2. The quantitative estimate of drug-likeness (QED) is 0.852. The van der Waals surface area contributed by atoms with E-state index < -0.39 is 17.9 Å². The van der Waals surface area contributed by atoms with Gasteiger partial charge in [-0.2, -0.15) is 18.3 Å². The molecule has 0 aliphatic heterocycles. The molecule has 2 rings (SSSR count). The van der Waals surface area contributed by atoms with Crippen LogP contribution in [-0.4, -0.2) is 21.3 Å². The van der Waals surface area contributed by atoms with Crippen LogP contribution in [0.15, 0.2) is 22.7 Å². The number of carbonyl (C=O) groups is 1. The summed E-state index contributed by atoms with van der Waals surface area (Å²) in [6.07, 6.45) is -3.62. The number of aromatic nitrogens is 2. The van der Waals surface area contributed by atoms with Crippen LogP contribution in [0.3, 0.4) is 0 Å². The van der Waals surface area contributed by atoms with Gasteiger partial charge in [0.2, 0.25) is 5.76 Å². The summed E-state index contributed by atoms with van der Waals surface area (Å²) in [5.41, 5.74) is -0.360. The van der Waals surface area contributed by atoms with Gasteiger partial charge in [0.05, 0.1) is 6.20 Å². The molecular weight excluding hydrogens is 241 g/mol. The normalized spacial score (nSPS) is 11.7. The molecule has 17 heavy (non-hydrogen) atoms. The van der Waals surface area contributed by atoms with Gasteiger partial charge >= 0.3 is 12.1 Å². The number of hydrogen-bond acceptors (Lipinski definition) is 3. The Morgan fingerprint density at radius 3 is 2.65 bits per heavy atom. The lowest BCUT2D eigenvalue weighted by Gasteiger charge is -2.00. The zero-order chi connectivity index (χ0) is 12.6. The van der Waals surface area contributed by atoms with E-state index in [2.05, 4.69) is 14.6 Å². The zero-order valence-electron chi connectivity index (χ0n) is 8.08. The van der Waals surface area contributed by atoms with Crippen LogP contribution in [0.25, 0.3) is 11.5 Å². The van der Waals surface area contributed by atoms with Crippen LogP contribution in [0.1, 0.15) is 16.1 Å². The van der Waals surface area contributed by atoms with Crippen molar-refractivity contribution in [1.82, 2.24) is 10.2 Å². The third-order valence-electron chi connectivity index (χ3n) is 2.00. The molecule has 0 fully saturated rings. The van der Waals surface area contributed by atoms with Crippen molar-refractivity contribution >= 4 is 5.97 Å². The maximum absolute atomic E-state index is 12.3. The second kappa shape index (κ2) is 3.65. The molecule has 0 bridgehead atoms. The largest absolute Gasteiger partial charge is 0.478 e. The number of carboxylic acids is 1. The number of furan rings is 1. The Morgan fingerprint density at radius 2 is 2.12 bits per heavy atom. The van der Waals surface area contributed by atoms with Crippen molar-refractivity contribution < 1.29 is 27.5 Å². The molecule has 0 atom stereocenters. The summed E-state index contributed by atoms with van der Waals surface area (Å²) in [7, 11) is 0. The Bertz CT molecular complexity index is 556. The highest BCUT2D eigenvalue weighted by Crippen LogP contribution is 2.33. The van der Waals surface area contributed by atoms with Crippen LogP contribution in [-0.2, 0) is 6.18 Å². The highest BCUT2D eigenvalue weighted by molar-refractivity contribution is 5.93. The minimum Gasteiger partial charge on any atom is -0.478 e. The topological polar surface area (TPSA) is 79.1 Å². The molecule has 2 heterocycles. The van der Waals surface area contributed by atoms with Crippen molar-refractivity contribution in [1.29, 1.82) is 0 Å². The van der Waals surface area contributed by atoms with Gasteiger partial charge in [-0.05, 0) is 12.1 Å². The molecule has 0 aliphatic carbocycles. The lowest BCUT2D eigenvalue weighted by molar-refractivity contribution is -0.152. The Balaban J connectivity index is 2.44. The maximum atomic E-state index is 12.3. The fourth-order valence-electron chi connectivity index (χ4n) is 1.26. The summed E-state index contributed by atoms with van der Waals surface area (Å²) in [5, 5.41) is 14.5. The average Bonchev–Trinajstić information content (AvgIpc) is 2.85. The molecule has 0 aliphatic rings. The second-order valence-corrected chi connectivity index (χ2v) is 3.13. The Labute approximate surface area is 91.9 Å². The lowest BCUT2D eigenvalue weighted by Crippen LogP contribution is -2.02. The summed E-state index contributed by atoms with van der Waals surface area (Å²) in [4.78, 5) is 10.7. The van der Waals surface area contributed by atoms with Crippen LogP contribution in [0.4, 0.5) is 13.2 Å². The van der Waals surface area contributed by atoms with E-state index >= 15 is 0 Å². The first-order valence-electron chi connectivity index (χ1n) is 4.33. The number of alkyl halides is 3. The molecule has 2 aromatic heterocycles. The predicted octanol–water partition coefficient (Wildman–Crippen LogP) is 2.39. The summed E-state index contributed by atoms with van der Waals surface area (Å²) in [6.45, 7) is 0. The SMILES string of the molecule is O=C(O)c1cn[nH]c1-c1ccc(C(F)(F)F)o1. The Hall–Kier alpha value is -2.25. The van der Waals surface area contributed by atoms with Gasteiger partial charge in [0.15, 0.2) is 5.76 Å². The molecule has 90 valence electrons. The van der Waals surface area contributed by atoms with Crippen molar-refractivity contribution in [3.8, 4) is 11.5 Å². The van der Waals surface area contributed by atoms with Gasteiger partial charge in [-0.25, -0.2) is 4.79 Å². The third kappa shape index (κ3) is 2.01. The molecule has 0 saturated carbocycles. The predicted molar refractivity (Wildman–Crippen MR) is 48.3 cm³/mol. The number of H-pyrrole nitrogens is 1. The third-order valence-corrected chi connectivity index (χ3v) is 2.00. The molecule has 0 amide bonds. The molecule has 0 spiro atoms. The van der Waals surface area contributed by atoms with Crippen molar-refractivity contribution in [2.24, 2.45) is 0 Å². The summed E-state index contributed by atoms with van der Waals surface area (Å²) in [6, 6.07) is 1.75. The van der Waals surface area contributed by atoms with Crippen LogP contribution >= 0.6 is 0 Å². The molecule has 8 heteroatoms. The van der Waals surface area contributed by atoms with E-state index in [-0.39, 0.29) is 17.0 Å². The molecule has 2 N–H and O–H groups in total. The van der Waals surface area contributed by atoms with Crippen LogP contribution in [0.5, 0.6) is 0 Å². The van der Waals surface area contributed by atoms with Crippen LogP contribution in [0, 0.1) is 0 Å². The number of carboxylic acid groups (broad SMARTS) is 1. The molecule has 0 saturated heterocycles. The minimum absolute atomic E-state index is 0.104. The van der Waals surface area contributed by atoms with E-state index in [1.165, 1.54) is 0 Å². The van der Waals surface area contributed by atoms with Crippen LogP contribution < -0.4 is 0 Å². The fourth-order valence-corrected chi connectivity index (χ4v) is 1.26. The fraction of sp³-hybridized carbons (Fsp3) is 0.111. The maximum Gasteiger partial charge on any atom is 0.449 e. The molecule has 0 unspecified atom stereocenters. The zero-order valence-corrected chi connectivity index (χ0v) is 8.08. The van der Waals surface area contributed by atoms with Gasteiger partial charge < -0.3 is 9.52 Å². The van der Waals surface area contributed by atoms with E-state index in [4.69, 9.17) is 5.11 Å². The minimum atomic E-state index is -4.61. The number of halogens is 3. The first kappa shape index (κ1) is 11.2. The number of hydrogen-bond donors (Lipinski definition) is 2. The summed E-state index contributed by atoms with van der Waals surface area (Å²) in [5.74, 6) is -2.73. The standard InChI is InChI=1S/C9H5F3N2O3/c10-9(11,12)6-2-1-5(17-6)7-4(8(15)16)3-13-14-7/h1-3H,(H,13,14)(H,15,16).